The summed E-state index contributed by atoms with van der Waals surface area (Å²) >= 11 is 0. The van der Waals surface area contributed by atoms with Crippen LogP contribution in [0.3, 0.4) is 0 Å². The van der Waals surface area contributed by atoms with Gasteiger partial charge in [0.05, 0.1) is 19.4 Å². The number of nitrogens with zero attached hydrogens (tertiary/aromatic N) is 3. The van der Waals surface area contributed by atoms with Crippen LogP contribution in [0.25, 0.3) is 0 Å². The van der Waals surface area contributed by atoms with Crippen molar-refractivity contribution >= 4 is 5.95 Å². The van der Waals surface area contributed by atoms with Crippen LogP contribution in [0.5, 0.6) is 0 Å². The Morgan fingerprint density at radius 3 is 2.86 bits per heavy atom. The average molecular weight is 299 g/mol. The van der Waals surface area contributed by atoms with Crippen LogP contribution < -0.4 is 4.90 Å². The number of alkyl halides is 3. The summed E-state index contributed by atoms with van der Waals surface area (Å²) < 4.78 is 48.9. The number of halogens is 3. The maximum Gasteiger partial charge on any atom is 0.433 e. The lowest BCUT2D eigenvalue weighted by Crippen LogP contribution is -2.39. The topological polar surface area (TPSA) is 51.4 Å². The van der Waals surface area contributed by atoms with Crippen LogP contribution in [0.15, 0.2) is 35.1 Å². The summed E-state index contributed by atoms with van der Waals surface area (Å²) in [7, 11) is 0. The highest BCUT2D eigenvalue weighted by molar-refractivity contribution is 5.32. The number of furan rings is 1. The number of hydrogen-bond donors (Lipinski definition) is 0. The molecule has 3 heterocycles. The van der Waals surface area contributed by atoms with Gasteiger partial charge in [-0.05, 0) is 18.2 Å². The molecule has 0 radical (unpaired) electrons. The van der Waals surface area contributed by atoms with E-state index in [0.717, 1.165) is 12.3 Å². The molecule has 0 amide bonds. The highest BCUT2D eigenvalue weighted by atomic mass is 19.4. The van der Waals surface area contributed by atoms with Crippen molar-refractivity contribution in [3.8, 4) is 0 Å². The van der Waals surface area contributed by atoms with Crippen molar-refractivity contribution in [1.82, 2.24) is 9.97 Å². The molecule has 1 aliphatic heterocycles. The van der Waals surface area contributed by atoms with Gasteiger partial charge >= 0.3 is 6.18 Å². The van der Waals surface area contributed by atoms with Crippen molar-refractivity contribution in [3.05, 3.63) is 42.1 Å². The van der Waals surface area contributed by atoms with Crippen molar-refractivity contribution in [3.63, 3.8) is 0 Å². The molecule has 0 spiro atoms. The van der Waals surface area contributed by atoms with Gasteiger partial charge in [0.1, 0.15) is 17.6 Å². The smallest absolute Gasteiger partial charge is 0.433 e. The molecule has 1 unspecified atom stereocenters. The molecule has 112 valence electrons. The summed E-state index contributed by atoms with van der Waals surface area (Å²) in [6, 6.07) is 4.35. The van der Waals surface area contributed by atoms with Crippen LogP contribution in [0.2, 0.25) is 0 Å². The number of anilines is 1. The van der Waals surface area contributed by atoms with Crippen molar-refractivity contribution in [1.29, 1.82) is 0 Å². The van der Waals surface area contributed by atoms with Crippen LogP contribution in [0, 0.1) is 0 Å². The molecular weight excluding hydrogens is 287 g/mol. The van der Waals surface area contributed by atoms with Crippen LogP contribution in [0.1, 0.15) is 17.6 Å². The third-order valence-electron chi connectivity index (χ3n) is 3.14. The maximum atomic E-state index is 12.7. The van der Waals surface area contributed by atoms with Gasteiger partial charge < -0.3 is 14.1 Å². The van der Waals surface area contributed by atoms with Gasteiger partial charge in [-0.3, -0.25) is 0 Å². The summed E-state index contributed by atoms with van der Waals surface area (Å²) in [5.74, 6) is 0.677. The van der Waals surface area contributed by atoms with Gasteiger partial charge in [-0.2, -0.15) is 13.2 Å². The molecule has 1 fully saturated rings. The summed E-state index contributed by atoms with van der Waals surface area (Å²) in [6.45, 7) is 1.14. The first-order valence-corrected chi connectivity index (χ1v) is 6.34. The zero-order chi connectivity index (χ0) is 14.9. The molecule has 0 N–H and O–H groups in total. The molecule has 8 heteroatoms. The number of aromatic nitrogens is 2. The molecule has 2 aromatic rings. The van der Waals surface area contributed by atoms with Crippen LogP contribution in [-0.4, -0.2) is 29.7 Å². The minimum absolute atomic E-state index is 0.0460. The van der Waals surface area contributed by atoms with E-state index in [4.69, 9.17) is 9.15 Å². The maximum absolute atomic E-state index is 12.7. The van der Waals surface area contributed by atoms with E-state index in [1.165, 1.54) is 6.26 Å². The summed E-state index contributed by atoms with van der Waals surface area (Å²) in [4.78, 5) is 9.17. The van der Waals surface area contributed by atoms with Gasteiger partial charge in [-0.25, -0.2) is 9.97 Å². The van der Waals surface area contributed by atoms with Crippen LogP contribution in [-0.2, 0) is 10.9 Å². The molecule has 0 aliphatic carbocycles. The minimum atomic E-state index is -4.48. The molecule has 1 aliphatic rings. The highest BCUT2D eigenvalue weighted by Crippen LogP contribution is 2.29. The summed E-state index contributed by atoms with van der Waals surface area (Å²) in [6.07, 6.45) is -2.18. The fourth-order valence-electron chi connectivity index (χ4n) is 2.14. The molecule has 21 heavy (non-hydrogen) atoms. The first-order chi connectivity index (χ1) is 10.0. The molecule has 3 rings (SSSR count). The molecule has 0 saturated carbocycles. The van der Waals surface area contributed by atoms with E-state index in [-0.39, 0.29) is 12.1 Å². The molecule has 1 atom stereocenters. The molecule has 5 nitrogen and oxygen atoms in total. The van der Waals surface area contributed by atoms with E-state index in [2.05, 4.69) is 9.97 Å². The van der Waals surface area contributed by atoms with Gasteiger partial charge in [0, 0.05) is 12.7 Å². The standard InChI is InChI=1S/C13H12F3N3O2/c14-13(15,16)11-3-4-17-12(18-11)19-5-7-21-10(8-19)9-2-1-6-20-9/h1-4,6,10H,5,7-8H2. The van der Waals surface area contributed by atoms with Crippen molar-refractivity contribution in [2.24, 2.45) is 0 Å². The Hall–Kier alpha value is -2.09. The Balaban J connectivity index is 1.80. The predicted octanol–water partition coefficient (Wildman–Crippen LogP) is 2.67. The SMILES string of the molecule is FC(F)(F)c1ccnc(N2CCOC(c3ccco3)C2)n1. The molecule has 2 aromatic heterocycles. The summed E-state index contributed by atoms with van der Waals surface area (Å²) in [5.41, 5.74) is -0.950. The van der Waals surface area contributed by atoms with Gasteiger partial charge in [0.2, 0.25) is 5.95 Å². The fraction of sp³-hybridized carbons (Fsp3) is 0.385. The normalized spacial score (nSPS) is 19.8. The lowest BCUT2D eigenvalue weighted by molar-refractivity contribution is -0.141. The second-order valence-electron chi connectivity index (χ2n) is 4.56. The lowest BCUT2D eigenvalue weighted by Gasteiger charge is -2.32. The Labute approximate surface area is 118 Å². The largest absolute Gasteiger partial charge is 0.467 e. The monoisotopic (exact) mass is 299 g/mol. The number of ether oxygens (including phenoxy) is 1. The van der Waals surface area contributed by atoms with Gasteiger partial charge in [0.15, 0.2) is 0 Å². The Morgan fingerprint density at radius 1 is 1.29 bits per heavy atom. The van der Waals surface area contributed by atoms with E-state index in [1.807, 2.05) is 0 Å². The van der Waals surface area contributed by atoms with Crippen molar-refractivity contribution in [2.45, 2.75) is 12.3 Å². The van der Waals surface area contributed by atoms with E-state index in [9.17, 15) is 13.2 Å². The predicted molar refractivity (Wildman–Crippen MR) is 66.6 cm³/mol. The average Bonchev–Trinajstić information content (AvgIpc) is 3.01. The van der Waals surface area contributed by atoms with Crippen LogP contribution in [0.4, 0.5) is 19.1 Å². The first kappa shape index (κ1) is 13.9. The van der Waals surface area contributed by atoms with Gasteiger partial charge in [-0.1, -0.05) is 0 Å². The molecule has 0 bridgehead atoms. The zero-order valence-corrected chi connectivity index (χ0v) is 10.9. The van der Waals surface area contributed by atoms with E-state index in [1.54, 1.807) is 17.0 Å². The second kappa shape index (κ2) is 5.36. The number of rotatable bonds is 2. The van der Waals surface area contributed by atoms with Crippen molar-refractivity contribution in [2.75, 3.05) is 24.6 Å². The van der Waals surface area contributed by atoms with E-state index >= 15 is 0 Å². The number of morpholine rings is 1. The van der Waals surface area contributed by atoms with Crippen LogP contribution >= 0.6 is 0 Å². The summed E-state index contributed by atoms with van der Waals surface area (Å²) in [5, 5.41) is 0. The zero-order valence-electron chi connectivity index (χ0n) is 10.9. The molecule has 1 saturated heterocycles. The third kappa shape index (κ3) is 2.99. The first-order valence-electron chi connectivity index (χ1n) is 6.34. The Morgan fingerprint density at radius 2 is 2.14 bits per heavy atom. The second-order valence-corrected chi connectivity index (χ2v) is 4.56. The number of hydrogen-bond acceptors (Lipinski definition) is 5. The fourth-order valence-corrected chi connectivity index (χ4v) is 2.14. The molecule has 0 aromatic carbocycles. The Bertz CT molecular complexity index is 601. The molecular formula is C13H12F3N3O2. The van der Waals surface area contributed by atoms with E-state index < -0.39 is 11.9 Å². The third-order valence-corrected chi connectivity index (χ3v) is 3.14. The highest BCUT2D eigenvalue weighted by Gasteiger charge is 2.34. The van der Waals surface area contributed by atoms with Gasteiger partial charge in [0.25, 0.3) is 0 Å². The van der Waals surface area contributed by atoms with Gasteiger partial charge in [-0.15, -0.1) is 0 Å². The lowest BCUT2D eigenvalue weighted by atomic mass is 10.2. The quantitative estimate of drug-likeness (QED) is 0.853. The van der Waals surface area contributed by atoms with Crippen molar-refractivity contribution < 1.29 is 22.3 Å². The Kier molecular flexibility index (Phi) is 3.54. The minimum Gasteiger partial charge on any atom is -0.467 e. The van der Waals surface area contributed by atoms with E-state index in [0.29, 0.717) is 25.5 Å².